The van der Waals surface area contributed by atoms with Gasteiger partial charge in [-0.25, -0.2) is 4.79 Å². The van der Waals surface area contributed by atoms with Gasteiger partial charge in [-0.2, -0.15) is 0 Å². The minimum absolute atomic E-state index is 0.0718. The van der Waals surface area contributed by atoms with Crippen LogP contribution in [0.2, 0.25) is 0 Å². The van der Waals surface area contributed by atoms with Gasteiger partial charge in [-0.15, -0.1) is 0 Å². The maximum atomic E-state index is 12.1. The van der Waals surface area contributed by atoms with Crippen molar-refractivity contribution in [2.24, 2.45) is 7.05 Å². The van der Waals surface area contributed by atoms with Crippen molar-refractivity contribution in [2.45, 2.75) is 32.4 Å². The molecule has 0 amide bonds. The number of hydrogen-bond donors (Lipinski definition) is 2. The normalized spacial score (nSPS) is 18.7. The van der Waals surface area contributed by atoms with Crippen molar-refractivity contribution in [1.29, 1.82) is 0 Å². The SMILES string of the molecule is CCCn1c(N)c(NC2CCOC2)c(=O)n(C)c1=O. The average Bonchev–Trinajstić information content (AvgIpc) is 2.90. The van der Waals surface area contributed by atoms with E-state index in [1.54, 1.807) is 0 Å². The summed E-state index contributed by atoms with van der Waals surface area (Å²) >= 11 is 0. The summed E-state index contributed by atoms with van der Waals surface area (Å²) in [7, 11) is 1.46. The average molecular weight is 268 g/mol. The first kappa shape index (κ1) is 13.7. The summed E-state index contributed by atoms with van der Waals surface area (Å²) in [5.41, 5.74) is 5.50. The third-order valence-corrected chi connectivity index (χ3v) is 3.31. The van der Waals surface area contributed by atoms with Gasteiger partial charge < -0.3 is 15.8 Å². The van der Waals surface area contributed by atoms with E-state index in [0.717, 1.165) is 17.4 Å². The van der Waals surface area contributed by atoms with Crippen LogP contribution in [-0.4, -0.2) is 28.4 Å². The third-order valence-electron chi connectivity index (χ3n) is 3.31. The van der Waals surface area contributed by atoms with Crippen LogP contribution in [0.3, 0.4) is 0 Å². The van der Waals surface area contributed by atoms with Crippen LogP contribution in [0.15, 0.2) is 9.59 Å². The molecule has 3 N–H and O–H groups in total. The van der Waals surface area contributed by atoms with Crippen LogP contribution in [0.4, 0.5) is 11.5 Å². The number of anilines is 2. The number of nitrogens with one attached hydrogen (secondary N) is 1. The van der Waals surface area contributed by atoms with Crippen molar-refractivity contribution in [3.05, 3.63) is 20.8 Å². The fourth-order valence-corrected chi connectivity index (χ4v) is 2.21. The first-order chi connectivity index (χ1) is 9.06. The lowest BCUT2D eigenvalue weighted by Crippen LogP contribution is -2.41. The van der Waals surface area contributed by atoms with Crippen molar-refractivity contribution >= 4 is 11.5 Å². The zero-order chi connectivity index (χ0) is 14.0. The monoisotopic (exact) mass is 268 g/mol. The highest BCUT2D eigenvalue weighted by Gasteiger charge is 2.21. The van der Waals surface area contributed by atoms with E-state index in [-0.39, 0.29) is 23.1 Å². The largest absolute Gasteiger partial charge is 0.383 e. The minimum Gasteiger partial charge on any atom is -0.383 e. The Kier molecular flexibility index (Phi) is 3.94. The summed E-state index contributed by atoms with van der Waals surface area (Å²) in [6.07, 6.45) is 1.60. The third kappa shape index (κ3) is 2.51. The van der Waals surface area contributed by atoms with Crippen LogP contribution in [0.25, 0.3) is 0 Å². The van der Waals surface area contributed by atoms with Gasteiger partial charge in [0.25, 0.3) is 5.56 Å². The molecule has 0 radical (unpaired) electrons. The van der Waals surface area contributed by atoms with Gasteiger partial charge in [0.15, 0.2) is 0 Å². The van der Waals surface area contributed by atoms with Crippen LogP contribution in [-0.2, 0) is 18.3 Å². The lowest BCUT2D eigenvalue weighted by molar-refractivity contribution is 0.195. The summed E-state index contributed by atoms with van der Waals surface area (Å²) in [6.45, 7) is 3.67. The molecule has 0 saturated carbocycles. The first-order valence-corrected chi connectivity index (χ1v) is 6.49. The minimum atomic E-state index is -0.387. The van der Waals surface area contributed by atoms with Gasteiger partial charge >= 0.3 is 5.69 Å². The molecule has 1 aromatic rings. The van der Waals surface area contributed by atoms with Crippen LogP contribution >= 0.6 is 0 Å². The Labute approximate surface area is 111 Å². The summed E-state index contributed by atoms with van der Waals surface area (Å²) < 4.78 is 7.78. The predicted molar refractivity (Wildman–Crippen MR) is 73.5 cm³/mol. The molecule has 0 aliphatic carbocycles. The summed E-state index contributed by atoms with van der Waals surface area (Å²) in [6, 6.07) is 0.0718. The molecule has 1 atom stereocenters. The number of nitrogens with zero attached hydrogens (tertiary/aromatic N) is 2. The number of nitrogen functional groups attached to an aromatic ring is 1. The molecule has 1 fully saturated rings. The molecule has 7 nitrogen and oxygen atoms in total. The van der Waals surface area contributed by atoms with Gasteiger partial charge in [0, 0.05) is 20.2 Å². The Morgan fingerprint density at radius 3 is 2.79 bits per heavy atom. The van der Waals surface area contributed by atoms with E-state index in [0.29, 0.717) is 25.4 Å². The lowest BCUT2D eigenvalue weighted by atomic mass is 10.2. The van der Waals surface area contributed by atoms with E-state index in [2.05, 4.69) is 5.32 Å². The van der Waals surface area contributed by atoms with Crippen molar-refractivity contribution in [2.75, 3.05) is 24.3 Å². The van der Waals surface area contributed by atoms with Gasteiger partial charge in [0.05, 0.1) is 12.6 Å². The van der Waals surface area contributed by atoms with Crippen molar-refractivity contribution in [3.63, 3.8) is 0 Å². The molecule has 1 aliphatic heterocycles. The van der Waals surface area contributed by atoms with Crippen molar-refractivity contribution in [3.8, 4) is 0 Å². The zero-order valence-corrected chi connectivity index (χ0v) is 11.3. The maximum Gasteiger partial charge on any atom is 0.332 e. The molecular formula is C12H20N4O3. The quantitative estimate of drug-likeness (QED) is 0.785. The number of ether oxygens (including phenoxy) is 1. The molecule has 0 spiro atoms. The maximum absolute atomic E-state index is 12.1. The van der Waals surface area contributed by atoms with Crippen LogP contribution < -0.4 is 22.3 Å². The Hall–Kier alpha value is -1.76. The first-order valence-electron chi connectivity index (χ1n) is 6.49. The van der Waals surface area contributed by atoms with Crippen molar-refractivity contribution < 1.29 is 4.74 Å². The number of aromatic nitrogens is 2. The van der Waals surface area contributed by atoms with Gasteiger partial charge in [0.2, 0.25) is 0 Å². The second kappa shape index (κ2) is 5.48. The Morgan fingerprint density at radius 2 is 2.21 bits per heavy atom. The summed E-state index contributed by atoms with van der Waals surface area (Å²) in [4.78, 5) is 24.1. The van der Waals surface area contributed by atoms with Gasteiger partial charge in [-0.3, -0.25) is 13.9 Å². The molecular weight excluding hydrogens is 248 g/mol. The number of hydrogen-bond acceptors (Lipinski definition) is 5. The molecule has 19 heavy (non-hydrogen) atoms. The lowest BCUT2D eigenvalue weighted by Gasteiger charge is -2.18. The standard InChI is InChI=1S/C12H20N4O3/c1-3-5-16-10(13)9(11(17)15(2)12(16)18)14-8-4-6-19-7-8/h8,14H,3-7,13H2,1-2H3. The number of rotatable bonds is 4. The molecule has 1 saturated heterocycles. The summed E-state index contributed by atoms with van der Waals surface area (Å²) in [5, 5.41) is 3.10. The molecule has 0 bridgehead atoms. The second-order valence-corrected chi connectivity index (χ2v) is 4.76. The van der Waals surface area contributed by atoms with Crippen LogP contribution in [0.5, 0.6) is 0 Å². The number of nitrogens with two attached hydrogens (primary N) is 1. The Morgan fingerprint density at radius 1 is 1.47 bits per heavy atom. The second-order valence-electron chi connectivity index (χ2n) is 4.76. The van der Waals surface area contributed by atoms with Crippen molar-refractivity contribution in [1.82, 2.24) is 9.13 Å². The molecule has 106 valence electrons. The smallest absolute Gasteiger partial charge is 0.332 e. The van der Waals surface area contributed by atoms with Crippen LogP contribution in [0.1, 0.15) is 19.8 Å². The molecule has 1 aliphatic rings. The molecule has 1 aromatic heterocycles. The molecule has 2 heterocycles. The predicted octanol–water partition coefficient (Wildman–Crippen LogP) is -0.260. The van der Waals surface area contributed by atoms with E-state index in [1.807, 2.05) is 6.92 Å². The van der Waals surface area contributed by atoms with E-state index >= 15 is 0 Å². The molecule has 2 rings (SSSR count). The van der Waals surface area contributed by atoms with E-state index in [4.69, 9.17) is 10.5 Å². The topological polar surface area (TPSA) is 91.3 Å². The van der Waals surface area contributed by atoms with Crippen LogP contribution in [0, 0.1) is 0 Å². The summed E-state index contributed by atoms with van der Waals surface area (Å²) in [5.74, 6) is 0.210. The van der Waals surface area contributed by atoms with E-state index in [1.165, 1.54) is 11.6 Å². The zero-order valence-electron chi connectivity index (χ0n) is 11.3. The molecule has 7 heteroatoms. The molecule has 1 unspecified atom stereocenters. The highest BCUT2D eigenvalue weighted by molar-refractivity contribution is 5.61. The van der Waals surface area contributed by atoms with Gasteiger partial charge in [-0.1, -0.05) is 6.92 Å². The Balaban J connectivity index is 2.46. The highest BCUT2D eigenvalue weighted by atomic mass is 16.5. The fraction of sp³-hybridized carbons (Fsp3) is 0.667. The van der Waals surface area contributed by atoms with Gasteiger partial charge in [0.1, 0.15) is 11.5 Å². The molecule has 0 aromatic carbocycles. The highest BCUT2D eigenvalue weighted by Crippen LogP contribution is 2.16. The fourth-order valence-electron chi connectivity index (χ4n) is 2.21. The Bertz CT molecular complexity index is 570. The van der Waals surface area contributed by atoms with E-state index < -0.39 is 0 Å². The van der Waals surface area contributed by atoms with E-state index in [9.17, 15) is 9.59 Å². The van der Waals surface area contributed by atoms with Gasteiger partial charge in [-0.05, 0) is 12.8 Å².